The van der Waals surface area contributed by atoms with Gasteiger partial charge in [-0.05, 0) is 12.2 Å². The summed E-state index contributed by atoms with van der Waals surface area (Å²) in [7, 11) is 0. The highest BCUT2D eigenvalue weighted by Gasteiger charge is 2.40. The minimum Gasteiger partial charge on any atom is -0.395 e. The Morgan fingerprint density at radius 2 is 1.11 bits per heavy atom. The smallest absolute Gasteiger partial charge is 0.0989 e. The maximum Gasteiger partial charge on any atom is 0.0989 e. The lowest BCUT2D eigenvalue weighted by Gasteiger charge is -2.15. The standard InChI is InChI=1S/C22H45NO3S/c1-2-3-4-5-6-7-8-9-10-11-12-13-14-15-16-27-18-20-22(26)21(25)19(17-24)23-20/h19-26H,2-18H2,1H3/t19-,20+,21-,22-/m1/s1. The lowest BCUT2D eigenvalue weighted by atomic mass is 10.0. The molecule has 1 saturated heterocycles. The van der Waals surface area contributed by atoms with Crippen LogP contribution >= 0.6 is 11.8 Å². The van der Waals surface area contributed by atoms with Gasteiger partial charge in [-0.3, -0.25) is 0 Å². The van der Waals surface area contributed by atoms with E-state index in [4.69, 9.17) is 5.11 Å². The van der Waals surface area contributed by atoms with Crippen molar-refractivity contribution < 1.29 is 15.3 Å². The zero-order valence-electron chi connectivity index (χ0n) is 17.6. The predicted octanol–water partition coefficient (Wildman–Crippen LogP) is 4.26. The molecule has 0 amide bonds. The molecule has 27 heavy (non-hydrogen) atoms. The molecular formula is C22H45NO3S. The van der Waals surface area contributed by atoms with Gasteiger partial charge in [0.15, 0.2) is 0 Å². The summed E-state index contributed by atoms with van der Waals surface area (Å²) >= 11 is 1.84. The number of hydrogen-bond acceptors (Lipinski definition) is 5. The fourth-order valence-corrected chi connectivity index (χ4v) is 4.99. The maximum atomic E-state index is 9.95. The molecule has 5 heteroatoms. The van der Waals surface area contributed by atoms with Crippen LogP contribution in [0.1, 0.15) is 96.8 Å². The molecule has 1 rings (SSSR count). The molecule has 0 saturated carbocycles. The highest BCUT2D eigenvalue weighted by atomic mass is 32.2. The normalized spacial score (nSPS) is 25.3. The summed E-state index contributed by atoms with van der Waals surface area (Å²) in [5.41, 5.74) is 0. The molecule has 0 radical (unpaired) electrons. The van der Waals surface area contributed by atoms with Crippen LogP contribution in [0.4, 0.5) is 0 Å². The van der Waals surface area contributed by atoms with Gasteiger partial charge < -0.3 is 20.6 Å². The topological polar surface area (TPSA) is 72.7 Å². The Hall–Kier alpha value is 0.190. The van der Waals surface area contributed by atoms with Crippen molar-refractivity contribution in [2.75, 3.05) is 18.1 Å². The molecule has 0 aromatic carbocycles. The van der Waals surface area contributed by atoms with Crippen molar-refractivity contribution in [2.24, 2.45) is 0 Å². The van der Waals surface area contributed by atoms with Crippen molar-refractivity contribution >= 4 is 11.8 Å². The molecule has 4 atom stereocenters. The van der Waals surface area contributed by atoms with E-state index in [9.17, 15) is 10.2 Å². The van der Waals surface area contributed by atoms with E-state index in [-0.39, 0.29) is 18.7 Å². The second-order valence-electron chi connectivity index (χ2n) is 8.21. The van der Waals surface area contributed by atoms with Crippen molar-refractivity contribution in [2.45, 2.75) is 121 Å². The number of aliphatic hydroxyl groups is 3. The first-order valence-electron chi connectivity index (χ1n) is 11.5. The SMILES string of the molecule is CCCCCCCCCCCCCCCCSC[C@@H]1N[C@H](CO)[C@@H](O)[C@@H]1O. The van der Waals surface area contributed by atoms with Crippen molar-refractivity contribution in [3.63, 3.8) is 0 Å². The van der Waals surface area contributed by atoms with Gasteiger partial charge in [-0.25, -0.2) is 0 Å². The van der Waals surface area contributed by atoms with Crippen LogP contribution in [0, 0.1) is 0 Å². The number of unbranched alkanes of at least 4 members (excludes halogenated alkanes) is 13. The summed E-state index contributed by atoms with van der Waals surface area (Å²) in [5, 5.41) is 32.0. The lowest BCUT2D eigenvalue weighted by Crippen LogP contribution is -2.37. The molecule has 0 bridgehead atoms. The fourth-order valence-electron chi connectivity index (χ4n) is 3.86. The van der Waals surface area contributed by atoms with Gasteiger partial charge in [0.1, 0.15) is 0 Å². The Bertz CT molecular complexity index is 333. The van der Waals surface area contributed by atoms with Crippen molar-refractivity contribution in [1.29, 1.82) is 0 Å². The van der Waals surface area contributed by atoms with Crippen LogP contribution in [0.5, 0.6) is 0 Å². The van der Waals surface area contributed by atoms with E-state index in [1.807, 2.05) is 11.8 Å². The molecule has 0 unspecified atom stereocenters. The van der Waals surface area contributed by atoms with Crippen LogP contribution in [0.15, 0.2) is 0 Å². The second-order valence-corrected chi connectivity index (χ2v) is 9.36. The monoisotopic (exact) mass is 403 g/mol. The molecule has 4 nitrogen and oxygen atoms in total. The summed E-state index contributed by atoms with van der Waals surface area (Å²) in [6, 6.07) is -0.486. The van der Waals surface area contributed by atoms with Crippen LogP contribution < -0.4 is 5.32 Å². The molecule has 0 aliphatic carbocycles. The lowest BCUT2D eigenvalue weighted by molar-refractivity contribution is 0.0219. The Kier molecular flexibility index (Phi) is 16.0. The summed E-state index contributed by atoms with van der Waals surface area (Å²) in [4.78, 5) is 0. The van der Waals surface area contributed by atoms with E-state index in [0.29, 0.717) is 0 Å². The van der Waals surface area contributed by atoms with Crippen LogP contribution in [-0.2, 0) is 0 Å². The third-order valence-electron chi connectivity index (χ3n) is 5.74. The third kappa shape index (κ3) is 11.7. The maximum absolute atomic E-state index is 9.95. The highest BCUT2D eigenvalue weighted by Crippen LogP contribution is 2.19. The average molecular weight is 404 g/mol. The summed E-state index contributed by atoms with van der Waals surface area (Å²) in [6.45, 7) is 2.15. The number of rotatable bonds is 18. The van der Waals surface area contributed by atoms with E-state index in [1.54, 1.807) is 0 Å². The van der Waals surface area contributed by atoms with Crippen LogP contribution in [0.2, 0.25) is 0 Å². The van der Waals surface area contributed by atoms with Gasteiger partial charge in [-0.2, -0.15) is 11.8 Å². The summed E-state index contributed by atoms with van der Waals surface area (Å²) < 4.78 is 0. The molecule has 0 aromatic heterocycles. The van der Waals surface area contributed by atoms with Crippen molar-refractivity contribution in [3.8, 4) is 0 Å². The molecule has 0 spiro atoms. The van der Waals surface area contributed by atoms with Gasteiger partial charge >= 0.3 is 0 Å². The van der Waals surface area contributed by atoms with Gasteiger partial charge in [-0.1, -0.05) is 90.4 Å². The zero-order valence-corrected chi connectivity index (χ0v) is 18.4. The molecule has 1 fully saturated rings. The highest BCUT2D eigenvalue weighted by molar-refractivity contribution is 7.99. The Morgan fingerprint density at radius 3 is 1.56 bits per heavy atom. The van der Waals surface area contributed by atoms with Crippen molar-refractivity contribution in [1.82, 2.24) is 5.32 Å². The first-order chi connectivity index (χ1) is 13.2. The molecule has 1 aliphatic heterocycles. The van der Waals surface area contributed by atoms with Gasteiger partial charge in [-0.15, -0.1) is 0 Å². The number of nitrogens with one attached hydrogen (secondary N) is 1. The van der Waals surface area contributed by atoms with E-state index < -0.39 is 12.2 Å². The molecule has 0 aromatic rings. The Balaban J connectivity index is 1.78. The fraction of sp³-hybridized carbons (Fsp3) is 1.00. The van der Waals surface area contributed by atoms with Crippen LogP contribution in [0.25, 0.3) is 0 Å². The van der Waals surface area contributed by atoms with E-state index in [0.717, 1.165) is 11.5 Å². The first kappa shape index (κ1) is 25.2. The molecular weight excluding hydrogens is 358 g/mol. The predicted molar refractivity (Wildman–Crippen MR) is 117 cm³/mol. The number of thioether (sulfide) groups is 1. The number of aliphatic hydroxyl groups excluding tert-OH is 3. The van der Waals surface area contributed by atoms with E-state index in [2.05, 4.69) is 12.2 Å². The number of hydrogen-bond donors (Lipinski definition) is 4. The second kappa shape index (κ2) is 17.1. The first-order valence-corrected chi connectivity index (χ1v) is 12.7. The van der Waals surface area contributed by atoms with E-state index in [1.165, 1.54) is 89.9 Å². The van der Waals surface area contributed by atoms with Gasteiger partial charge in [0.05, 0.1) is 24.9 Å². The average Bonchev–Trinajstić information content (AvgIpc) is 2.95. The Morgan fingerprint density at radius 1 is 0.667 bits per heavy atom. The van der Waals surface area contributed by atoms with Gasteiger partial charge in [0, 0.05) is 11.8 Å². The van der Waals surface area contributed by atoms with Gasteiger partial charge in [0.25, 0.3) is 0 Å². The molecule has 162 valence electrons. The quantitative estimate of drug-likeness (QED) is 0.257. The van der Waals surface area contributed by atoms with Crippen LogP contribution in [-0.4, -0.2) is 57.7 Å². The minimum atomic E-state index is -0.846. The van der Waals surface area contributed by atoms with Gasteiger partial charge in [0.2, 0.25) is 0 Å². The summed E-state index contributed by atoms with van der Waals surface area (Å²) in [5.74, 6) is 1.91. The van der Waals surface area contributed by atoms with Crippen molar-refractivity contribution in [3.05, 3.63) is 0 Å². The molecule has 4 N–H and O–H groups in total. The molecule has 1 aliphatic rings. The molecule has 1 heterocycles. The van der Waals surface area contributed by atoms with E-state index >= 15 is 0 Å². The van der Waals surface area contributed by atoms with Crippen LogP contribution in [0.3, 0.4) is 0 Å². The Labute approximate surface area is 171 Å². The third-order valence-corrected chi connectivity index (χ3v) is 6.91. The zero-order chi connectivity index (χ0) is 19.7. The largest absolute Gasteiger partial charge is 0.395 e. The minimum absolute atomic E-state index is 0.103. The summed E-state index contributed by atoms with van der Waals surface area (Å²) in [6.07, 6.45) is 17.8.